The van der Waals surface area contributed by atoms with Crippen LogP contribution in [0.5, 0.6) is 0 Å². The number of carbonyl (C=O) groups excluding carboxylic acids is 2. The van der Waals surface area contributed by atoms with E-state index >= 15 is 0 Å². The molecule has 0 saturated heterocycles. The van der Waals surface area contributed by atoms with Crippen LogP contribution >= 0.6 is 11.3 Å². The number of nitrogens with zero attached hydrogens (tertiary/aromatic N) is 2. The van der Waals surface area contributed by atoms with Gasteiger partial charge in [0.15, 0.2) is 0 Å². The molecule has 3 rings (SSSR count). The van der Waals surface area contributed by atoms with Crippen molar-refractivity contribution >= 4 is 39.3 Å². The van der Waals surface area contributed by atoms with Crippen molar-refractivity contribution in [2.75, 3.05) is 13.1 Å². The molecule has 34 heavy (non-hydrogen) atoms. The minimum Gasteiger partial charge on any atom is -0.268 e. The Morgan fingerprint density at radius 2 is 1.65 bits per heavy atom. The molecule has 8 nitrogen and oxygen atoms in total. The Bertz CT molecular complexity index is 1280. The summed E-state index contributed by atoms with van der Waals surface area (Å²) in [4.78, 5) is 29.7. The van der Waals surface area contributed by atoms with Crippen molar-refractivity contribution in [2.24, 2.45) is 0 Å². The van der Waals surface area contributed by atoms with Gasteiger partial charge in [0.25, 0.3) is 11.8 Å². The molecule has 1 heterocycles. The molecule has 0 atom stereocenters. The van der Waals surface area contributed by atoms with Crippen LogP contribution in [-0.4, -0.2) is 42.6 Å². The second-order valence-electron chi connectivity index (χ2n) is 7.23. The van der Waals surface area contributed by atoms with Crippen LogP contribution in [-0.2, 0) is 14.8 Å². The monoisotopic (exact) mass is 498 g/mol. The van der Waals surface area contributed by atoms with Crippen LogP contribution in [0.2, 0.25) is 0 Å². The van der Waals surface area contributed by atoms with Gasteiger partial charge in [-0.15, -0.1) is 11.3 Å². The number of hydrogen-bond donors (Lipinski definition) is 2. The van der Waals surface area contributed by atoms with E-state index < -0.39 is 21.8 Å². The first-order chi connectivity index (χ1) is 16.3. The summed E-state index contributed by atoms with van der Waals surface area (Å²) in [5.41, 5.74) is 6.87. The molecule has 0 radical (unpaired) electrons. The molecular formula is C24H26N4O4S2. The second-order valence-corrected chi connectivity index (χ2v) is 10.2. The average Bonchev–Trinajstić information content (AvgIpc) is 3.24. The minimum absolute atomic E-state index is 0.194. The molecule has 0 aliphatic heterocycles. The number of nitrogens with one attached hydrogen (secondary N) is 2. The van der Waals surface area contributed by atoms with E-state index in [4.69, 9.17) is 0 Å². The number of benzene rings is 2. The number of sulfonamides is 1. The van der Waals surface area contributed by atoms with E-state index in [1.165, 1.54) is 39.9 Å². The van der Waals surface area contributed by atoms with Crippen molar-refractivity contribution in [3.05, 3.63) is 76.8 Å². The minimum atomic E-state index is -3.54. The van der Waals surface area contributed by atoms with E-state index in [1.807, 2.05) is 30.3 Å². The first kappa shape index (κ1) is 25.3. The highest BCUT2D eigenvalue weighted by molar-refractivity contribution is 7.89. The number of amides is 2. The van der Waals surface area contributed by atoms with Crippen LogP contribution in [0.15, 0.2) is 65.6 Å². The van der Waals surface area contributed by atoms with Crippen molar-refractivity contribution in [3.63, 3.8) is 0 Å². The van der Waals surface area contributed by atoms with Gasteiger partial charge in [-0.25, -0.2) is 13.4 Å². The number of rotatable bonds is 8. The van der Waals surface area contributed by atoms with Crippen LogP contribution in [0.1, 0.15) is 34.8 Å². The molecule has 0 unspecified atom stereocenters. The summed E-state index contributed by atoms with van der Waals surface area (Å²) in [6, 6.07) is 15.8. The summed E-state index contributed by atoms with van der Waals surface area (Å²) >= 11 is 1.25. The lowest BCUT2D eigenvalue weighted by Gasteiger charge is -2.18. The van der Waals surface area contributed by atoms with E-state index in [0.717, 1.165) is 10.6 Å². The zero-order valence-corrected chi connectivity index (χ0v) is 20.7. The summed E-state index contributed by atoms with van der Waals surface area (Å²) in [6.45, 7) is 6.09. The summed E-state index contributed by atoms with van der Waals surface area (Å²) in [7, 11) is -3.54. The number of carbonyl (C=O) groups is 2. The lowest BCUT2D eigenvalue weighted by atomic mass is 10.2. The van der Waals surface area contributed by atoms with Crippen molar-refractivity contribution in [1.82, 2.24) is 20.1 Å². The smallest absolute Gasteiger partial charge is 0.268 e. The van der Waals surface area contributed by atoms with Gasteiger partial charge in [0, 0.05) is 24.7 Å². The molecular weight excluding hydrogens is 472 g/mol. The van der Waals surface area contributed by atoms with Gasteiger partial charge in [0.1, 0.15) is 9.88 Å². The maximum atomic E-state index is 12.5. The number of hydrogen-bond acceptors (Lipinski definition) is 6. The fourth-order valence-electron chi connectivity index (χ4n) is 3.16. The molecule has 2 N–H and O–H groups in total. The van der Waals surface area contributed by atoms with E-state index in [2.05, 4.69) is 15.8 Å². The van der Waals surface area contributed by atoms with Gasteiger partial charge >= 0.3 is 0 Å². The van der Waals surface area contributed by atoms with Gasteiger partial charge in [0.05, 0.1) is 10.6 Å². The van der Waals surface area contributed by atoms with Crippen LogP contribution in [0.25, 0.3) is 16.6 Å². The molecule has 0 fully saturated rings. The lowest BCUT2D eigenvalue weighted by Crippen LogP contribution is -2.40. The Morgan fingerprint density at radius 1 is 1.00 bits per heavy atom. The van der Waals surface area contributed by atoms with Gasteiger partial charge in [-0.2, -0.15) is 4.31 Å². The molecule has 2 amide bonds. The van der Waals surface area contributed by atoms with Crippen molar-refractivity contribution in [1.29, 1.82) is 0 Å². The van der Waals surface area contributed by atoms with Gasteiger partial charge in [0.2, 0.25) is 10.0 Å². The second kappa shape index (κ2) is 11.2. The van der Waals surface area contributed by atoms with E-state index in [-0.39, 0.29) is 4.90 Å². The Hall–Kier alpha value is -3.34. The Kier molecular flexibility index (Phi) is 8.32. The molecule has 2 aromatic carbocycles. The number of thiazole rings is 1. The zero-order valence-electron chi connectivity index (χ0n) is 19.1. The molecule has 10 heteroatoms. The molecule has 0 bridgehead atoms. The first-order valence-corrected chi connectivity index (χ1v) is 12.9. The van der Waals surface area contributed by atoms with E-state index in [9.17, 15) is 18.0 Å². The molecule has 0 spiro atoms. The van der Waals surface area contributed by atoms with Gasteiger partial charge < -0.3 is 0 Å². The largest absolute Gasteiger partial charge is 0.281 e. The highest BCUT2D eigenvalue weighted by Gasteiger charge is 2.21. The van der Waals surface area contributed by atoms with Crippen LogP contribution in [0.4, 0.5) is 0 Å². The molecule has 1 aromatic heterocycles. The molecule has 0 aliphatic carbocycles. The van der Waals surface area contributed by atoms with Crippen LogP contribution in [0, 0.1) is 6.92 Å². The number of aromatic nitrogens is 1. The first-order valence-electron chi connectivity index (χ1n) is 10.7. The van der Waals surface area contributed by atoms with E-state index in [1.54, 1.807) is 32.9 Å². The standard InChI is InChI=1S/C24H26N4O4S2/c1-4-28(5-2)34(31,32)20-14-11-18(12-15-20)13-16-21(29)26-27-23(30)22-17(3)25-24(33-22)19-9-7-6-8-10-19/h6-16H,4-5H2,1-3H3,(H,26,29)(H,27,30)/b16-13+. The third-order valence-electron chi connectivity index (χ3n) is 4.97. The van der Waals surface area contributed by atoms with Gasteiger partial charge in [-0.1, -0.05) is 56.3 Å². The fourth-order valence-corrected chi connectivity index (χ4v) is 5.59. The zero-order chi connectivity index (χ0) is 24.7. The molecule has 178 valence electrons. The van der Waals surface area contributed by atoms with Crippen molar-refractivity contribution < 1.29 is 18.0 Å². The SMILES string of the molecule is CCN(CC)S(=O)(=O)c1ccc(/C=C/C(=O)NNC(=O)c2sc(-c3ccccc3)nc2C)cc1. The third kappa shape index (κ3) is 5.96. The van der Waals surface area contributed by atoms with Crippen molar-refractivity contribution in [3.8, 4) is 10.6 Å². The summed E-state index contributed by atoms with van der Waals surface area (Å²) in [6.07, 6.45) is 2.78. The lowest BCUT2D eigenvalue weighted by molar-refractivity contribution is -0.117. The highest BCUT2D eigenvalue weighted by Crippen LogP contribution is 2.27. The van der Waals surface area contributed by atoms with Crippen molar-refractivity contribution in [2.45, 2.75) is 25.7 Å². The average molecular weight is 499 g/mol. The predicted octanol–water partition coefficient (Wildman–Crippen LogP) is 3.62. The number of aryl methyl sites for hydroxylation is 1. The third-order valence-corrected chi connectivity index (χ3v) is 8.24. The fraction of sp³-hybridized carbons (Fsp3) is 0.208. The van der Waals surface area contributed by atoms with E-state index in [0.29, 0.717) is 29.2 Å². The maximum Gasteiger partial charge on any atom is 0.281 e. The molecule has 0 aliphatic rings. The molecule has 0 saturated carbocycles. The highest BCUT2D eigenvalue weighted by atomic mass is 32.2. The Balaban J connectivity index is 1.58. The normalized spacial score (nSPS) is 11.6. The summed E-state index contributed by atoms with van der Waals surface area (Å²) in [5, 5.41) is 0.723. The summed E-state index contributed by atoms with van der Waals surface area (Å²) < 4.78 is 26.5. The van der Waals surface area contributed by atoms with Gasteiger partial charge in [-0.3, -0.25) is 20.4 Å². The van der Waals surface area contributed by atoms with Crippen LogP contribution in [0.3, 0.4) is 0 Å². The summed E-state index contributed by atoms with van der Waals surface area (Å²) in [5.74, 6) is -0.983. The van der Waals surface area contributed by atoms with Crippen LogP contribution < -0.4 is 10.9 Å². The Morgan fingerprint density at radius 3 is 2.26 bits per heavy atom. The van der Waals surface area contributed by atoms with Gasteiger partial charge in [-0.05, 0) is 30.7 Å². The maximum absolute atomic E-state index is 12.5. The molecule has 3 aromatic rings. The quantitative estimate of drug-likeness (QED) is 0.364. The Labute approximate surface area is 203 Å². The predicted molar refractivity (Wildman–Crippen MR) is 133 cm³/mol. The topological polar surface area (TPSA) is 108 Å². The number of hydrazine groups is 1.